The fraction of sp³-hybridized carbons (Fsp3) is 0.464. The third-order valence-electron chi connectivity index (χ3n) is 7.61. The zero-order valence-corrected chi connectivity index (χ0v) is 23.4. The zero-order valence-electron chi connectivity index (χ0n) is 21.8. The van der Waals surface area contributed by atoms with E-state index in [1.165, 1.54) is 11.5 Å². The number of carbonyl (C=O) groups is 2. The average Bonchev–Trinajstić information content (AvgIpc) is 3.62. The number of hydrogen-bond donors (Lipinski definition) is 1. The fourth-order valence-corrected chi connectivity index (χ4v) is 7.36. The van der Waals surface area contributed by atoms with Crippen molar-refractivity contribution in [3.05, 3.63) is 57.7 Å². The van der Waals surface area contributed by atoms with E-state index in [0.29, 0.717) is 18.6 Å². The minimum absolute atomic E-state index is 0.0340. The number of aryl methyl sites for hydroxylation is 2. The molecule has 194 valence electrons. The molecular formula is C28H32N4O3S2. The van der Waals surface area contributed by atoms with Gasteiger partial charge in [-0.15, -0.1) is 11.3 Å². The second kappa shape index (κ2) is 9.85. The number of aliphatic hydroxyl groups is 1. The summed E-state index contributed by atoms with van der Waals surface area (Å²) in [5.41, 5.74) is 5.59. The van der Waals surface area contributed by atoms with Crippen LogP contribution in [-0.2, 0) is 15.0 Å². The molecule has 2 unspecified atom stereocenters. The van der Waals surface area contributed by atoms with Crippen LogP contribution in [0, 0.1) is 19.8 Å². The molecule has 9 heteroatoms. The molecule has 2 aromatic heterocycles. The van der Waals surface area contributed by atoms with E-state index in [-0.39, 0.29) is 36.2 Å². The van der Waals surface area contributed by atoms with Crippen LogP contribution in [0.5, 0.6) is 0 Å². The van der Waals surface area contributed by atoms with E-state index in [1.807, 2.05) is 70.5 Å². The van der Waals surface area contributed by atoms with E-state index in [1.54, 1.807) is 16.2 Å². The van der Waals surface area contributed by atoms with Crippen molar-refractivity contribution in [3.63, 3.8) is 0 Å². The highest BCUT2D eigenvalue weighted by atomic mass is 32.1. The van der Waals surface area contributed by atoms with Gasteiger partial charge in [0.05, 0.1) is 45.3 Å². The highest BCUT2D eigenvalue weighted by molar-refractivity contribution is 7.13. The Morgan fingerprint density at radius 2 is 1.95 bits per heavy atom. The van der Waals surface area contributed by atoms with Crippen LogP contribution in [0.2, 0.25) is 0 Å². The van der Waals surface area contributed by atoms with Gasteiger partial charge in [0.15, 0.2) is 0 Å². The number of hydrogen-bond acceptors (Lipinski definition) is 7. The third-order valence-corrected chi connectivity index (χ3v) is 9.55. The summed E-state index contributed by atoms with van der Waals surface area (Å²) in [6.07, 6.45) is 0.179. The van der Waals surface area contributed by atoms with Gasteiger partial charge >= 0.3 is 0 Å². The quantitative estimate of drug-likeness (QED) is 0.483. The molecule has 4 atom stereocenters. The van der Waals surface area contributed by atoms with Crippen molar-refractivity contribution < 1.29 is 14.7 Å². The largest absolute Gasteiger partial charge is 0.391 e. The number of thiazole rings is 1. The lowest BCUT2D eigenvalue weighted by Gasteiger charge is -2.30. The van der Waals surface area contributed by atoms with E-state index < -0.39 is 11.5 Å². The first kappa shape index (κ1) is 25.9. The minimum atomic E-state index is -0.800. The molecule has 37 heavy (non-hydrogen) atoms. The summed E-state index contributed by atoms with van der Waals surface area (Å²) in [4.78, 5) is 39.8. The number of aliphatic imine (C=N–C) groups is 1. The summed E-state index contributed by atoms with van der Waals surface area (Å²) in [6.45, 7) is 10.2. The van der Waals surface area contributed by atoms with Crippen molar-refractivity contribution in [1.29, 1.82) is 0 Å². The Morgan fingerprint density at radius 1 is 1.22 bits per heavy atom. The maximum absolute atomic E-state index is 13.8. The average molecular weight is 537 g/mol. The summed E-state index contributed by atoms with van der Waals surface area (Å²) >= 11 is 2.96. The number of β-amino-alcohol motifs (C(OH)–C–C–N with tert-alkyl or cyclic N) is 1. The van der Waals surface area contributed by atoms with Crippen molar-refractivity contribution >= 4 is 40.4 Å². The van der Waals surface area contributed by atoms with Gasteiger partial charge in [0.1, 0.15) is 0 Å². The maximum Gasteiger partial charge on any atom is 0.256 e. The molecule has 1 N–H and O–H groups in total. The van der Waals surface area contributed by atoms with Crippen LogP contribution in [0.1, 0.15) is 61.4 Å². The Kier molecular flexibility index (Phi) is 6.89. The second-order valence-electron chi connectivity index (χ2n) is 10.7. The van der Waals surface area contributed by atoms with Crippen molar-refractivity contribution in [2.75, 3.05) is 6.54 Å². The molecular weight excluding hydrogens is 504 g/mol. The van der Waals surface area contributed by atoms with E-state index in [0.717, 1.165) is 32.3 Å². The zero-order chi connectivity index (χ0) is 26.5. The van der Waals surface area contributed by atoms with Crippen LogP contribution >= 0.6 is 22.9 Å². The van der Waals surface area contributed by atoms with E-state index in [9.17, 15) is 14.7 Å². The van der Waals surface area contributed by atoms with Crippen LogP contribution in [0.25, 0.3) is 10.4 Å². The molecule has 1 saturated heterocycles. The van der Waals surface area contributed by atoms with E-state index in [2.05, 4.69) is 14.3 Å². The number of carbonyl (C=O) groups excluding carboxylic acids is 2. The van der Waals surface area contributed by atoms with Crippen LogP contribution in [0.15, 0.2) is 40.8 Å². The minimum Gasteiger partial charge on any atom is -0.391 e. The summed E-state index contributed by atoms with van der Waals surface area (Å²) in [7, 11) is 0. The molecule has 2 amide bonds. The number of likely N-dealkylation sites (tertiary alicyclic amines) is 1. The van der Waals surface area contributed by atoms with Gasteiger partial charge in [0.2, 0.25) is 5.91 Å². The molecule has 0 saturated carbocycles. The standard InChI is InChI=1S/C28H32N4O3S2/c1-15(2)24(23-10-16(3)31-37-23)26(34)32-13-20(33)11-22(32)21-12-28(5,27(35)30-21)19-8-6-18(7-9-19)25-17(4)29-14-36-25/h6-10,14-15,20,22,24,33H,11-13H2,1-5H3/t20-,22?,24?,28+/m1/s1. The predicted octanol–water partition coefficient (Wildman–Crippen LogP) is 4.91. The Balaban J connectivity index is 1.39. The molecule has 4 heterocycles. The summed E-state index contributed by atoms with van der Waals surface area (Å²) in [5, 5.41) is 10.6. The molecule has 1 fully saturated rings. The summed E-state index contributed by atoms with van der Waals surface area (Å²) in [6, 6.07) is 9.65. The molecule has 3 aromatic rings. The van der Waals surface area contributed by atoms with Crippen molar-refractivity contribution in [1.82, 2.24) is 14.3 Å². The molecule has 1 aromatic carbocycles. The SMILES string of the molecule is Cc1cc(C(C(=O)N2C[C@H](O)CC2C2=NC(=O)[C@](C)(c3ccc(-c4scnc4C)cc3)C2)C(C)C)sn1. The lowest BCUT2D eigenvalue weighted by atomic mass is 9.78. The van der Waals surface area contributed by atoms with Crippen molar-refractivity contribution in [2.24, 2.45) is 10.9 Å². The topological polar surface area (TPSA) is 95.8 Å². The number of aromatic nitrogens is 2. The number of benzene rings is 1. The lowest BCUT2D eigenvalue weighted by Crippen LogP contribution is -2.44. The Bertz CT molecular complexity index is 1360. The molecule has 0 radical (unpaired) electrons. The smallest absolute Gasteiger partial charge is 0.256 e. The van der Waals surface area contributed by atoms with Gasteiger partial charge in [-0.2, -0.15) is 4.37 Å². The molecule has 7 nitrogen and oxygen atoms in total. The Hall–Kier alpha value is -2.75. The van der Waals surface area contributed by atoms with Gasteiger partial charge in [-0.05, 0) is 55.4 Å². The Morgan fingerprint density at radius 3 is 2.54 bits per heavy atom. The number of aliphatic hydroxyl groups excluding tert-OH is 1. The number of rotatable bonds is 6. The summed E-state index contributed by atoms with van der Waals surface area (Å²) < 4.78 is 4.38. The molecule has 2 aliphatic rings. The first-order valence-electron chi connectivity index (χ1n) is 12.6. The highest BCUT2D eigenvalue weighted by Gasteiger charge is 2.48. The van der Waals surface area contributed by atoms with Crippen molar-refractivity contribution in [2.45, 2.75) is 70.9 Å². The highest BCUT2D eigenvalue weighted by Crippen LogP contribution is 2.40. The molecule has 2 aliphatic heterocycles. The van der Waals surface area contributed by atoms with E-state index in [4.69, 9.17) is 0 Å². The summed E-state index contributed by atoms with van der Waals surface area (Å²) in [5.74, 6) is -0.501. The van der Waals surface area contributed by atoms with Crippen LogP contribution in [0.4, 0.5) is 0 Å². The maximum atomic E-state index is 13.8. The van der Waals surface area contributed by atoms with E-state index >= 15 is 0 Å². The number of nitrogens with zero attached hydrogens (tertiary/aromatic N) is 4. The monoisotopic (exact) mass is 536 g/mol. The molecule has 0 bridgehead atoms. The third kappa shape index (κ3) is 4.69. The van der Waals surface area contributed by atoms with Crippen molar-refractivity contribution in [3.8, 4) is 10.4 Å². The Labute approximate surface area is 225 Å². The first-order valence-corrected chi connectivity index (χ1v) is 14.3. The number of amides is 2. The van der Waals surface area contributed by atoms with Crippen LogP contribution < -0.4 is 0 Å². The molecule has 0 spiro atoms. The molecule has 5 rings (SSSR count). The van der Waals surface area contributed by atoms with Crippen LogP contribution in [0.3, 0.4) is 0 Å². The predicted molar refractivity (Wildman–Crippen MR) is 147 cm³/mol. The van der Waals surface area contributed by atoms with Gasteiger partial charge in [-0.1, -0.05) is 38.1 Å². The van der Waals surface area contributed by atoms with Gasteiger partial charge in [-0.3, -0.25) is 9.59 Å². The van der Waals surface area contributed by atoms with Crippen LogP contribution in [-0.4, -0.2) is 55.6 Å². The lowest BCUT2D eigenvalue weighted by molar-refractivity contribution is -0.134. The van der Waals surface area contributed by atoms with Gasteiger partial charge < -0.3 is 10.0 Å². The van der Waals surface area contributed by atoms with Gasteiger partial charge in [0.25, 0.3) is 5.91 Å². The van der Waals surface area contributed by atoms with Gasteiger partial charge in [0, 0.05) is 30.0 Å². The second-order valence-corrected chi connectivity index (χ2v) is 12.4. The molecule has 0 aliphatic carbocycles. The van der Waals surface area contributed by atoms with Gasteiger partial charge in [-0.25, -0.2) is 9.98 Å². The first-order chi connectivity index (χ1) is 17.6. The normalized spacial score (nSPS) is 24.7. The fourth-order valence-electron chi connectivity index (χ4n) is 5.53.